The average molecular weight is 249 g/mol. The van der Waals surface area contributed by atoms with Gasteiger partial charge < -0.3 is 10.0 Å². The maximum Gasteiger partial charge on any atom is 0.251 e. The van der Waals surface area contributed by atoms with Crippen LogP contribution >= 0.6 is 0 Å². The normalized spacial score (nSPS) is 12.6. The van der Waals surface area contributed by atoms with Crippen LogP contribution in [0.1, 0.15) is 31.9 Å². The summed E-state index contributed by atoms with van der Waals surface area (Å²) >= 11 is 0. The summed E-state index contributed by atoms with van der Waals surface area (Å²) in [6.07, 6.45) is 0.137. The first-order valence-corrected chi connectivity index (χ1v) is 6.41. The summed E-state index contributed by atoms with van der Waals surface area (Å²) in [6, 6.07) is 8.30. The summed E-state index contributed by atoms with van der Waals surface area (Å²) in [5.41, 5.74) is 2.40. The lowest BCUT2D eigenvalue weighted by Gasteiger charge is -2.19. The van der Waals surface area contributed by atoms with E-state index in [0.29, 0.717) is 12.5 Å². The van der Waals surface area contributed by atoms with E-state index in [4.69, 9.17) is 0 Å². The van der Waals surface area contributed by atoms with Gasteiger partial charge in [-0.05, 0) is 30.4 Å². The van der Waals surface area contributed by atoms with Crippen molar-refractivity contribution in [3.63, 3.8) is 0 Å². The highest BCUT2D eigenvalue weighted by Gasteiger charge is 2.14. The topological polar surface area (TPSA) is 40.5 Å². The van der Waals surface area contributed by atoms with Crippen LogP contribution in [-0.2, 0) is 17.8 Å². The van der Waals surface area contributed by atoms with E-state index in [-0.39, 0.29) is 5.91 Å². The molecule has 3 nitrogen and oxygen atoms in total. The summed E-state index contributed by atoms with van der Waals surface area (Å²) in [5, 5.41) is 9.22. The molecule has 0 aliphatic rings. The number of benzene rings is 1. The van der Waals surface area contributed by atoms with E-state index in [9.17, 15) is 9.90 Å². The monoisotopic (exact) mass is 249 g/mol. The molecule has 0 fully saturated rings. The largest absolute Gasteiger partial charge is 0.384 e. The maximum absolute atomic E-state index is 11.5. The van der Waals surface area contributed by atoms with Crippen LogP contribution in [-0.4, -0.2) is 29.1 Å². The van der Waals surface area contributed by atoms with Crippen molar-refractivity contribution in [1.29, 1.82) is 0 Å². The number of rotatable bonds is 5. The molecule has 18 heavy (non-hydrogen) atoms. The zero-order chi connectivity index (χ0) is 13.7. The number of hydrogen-bond donors (Lipinski definition) is 1. The van der Waals surface area contributed by atoms with Crippen molar-refractivity contribution < 1.29 is 9.90 Å². The molecule has 0 saturated heterocycles. The van der Waals surface area contributed by atoms with Crippen LogP contribution in [0.25, 0.3) is 0 Å². The molecule has 1 rings (SSSR count). The third kappa shape index (κ3) is 4.49. The standard InChI is InChI=1S/C15H23NO2/c1-11(2)9-13-5-7-14(8-6-13)10-16(4)15(18)12(3)17/h5-8,11-12,17H,9-10H2,1-4H3. The van der Waals surface area contributed by atoms with Gasteiger partial charge in [0.25, 0.3) is 5.91 Å². The van der Waals surface area contributed by atoms with Crippen LogP contribution in [0.4, 0.5) is 0 Å². The van der Waals surface area contributed by atoms with E-state index in [1.165, 1.54) is 12.5 Å². The first kappa shape index (κ1) is 14.7. The predicted molar refractivity (Wildman–Crippen MR) is 73.1 cm³/mol. The number of likely N-dealkylation sites (N-methyl/N-ethyl adjacent to an activating group) is 1. The molecular formula is C15H23NO2. The second-order valence-electron chi connectivity index (χ2n) is 5.28. The lowest BCUT2D eigenvalue weighted by molar-refractivity contribution is -0.138. The average Bonchev–Trinajstić information content (AvgIpc) is 2.29. The third-order valence-corrected chi connectivity index (χ3v) is 2.82. The smallest absolute Gasteiger partial charge is 0.251 e. The maximum atomic E-state index is 11.5. The number of nitrogens with zero attached hydrogens (tertiary/aromatic N) is 1. The molecule has 0 aliphatic carbocycles. The molecule has 1 aromatic rings. The van der Waals surface area contributed by atoms with Crippen molar-refractivity contribution in [2.24, 2.45) is 5.92 Å². The van der Waals surface area contributed by atoms with E-state index < -0.39 is 6.10 Å². The van der Waals surface area contributed by atoms with Gasteiger partial charge in [-0.2, -0.15) is 0 Å². The van der Waals surface area contributed by atoms with Gasteiger partial charge in [-0.15, -0.1) is 0 Å². The van der Waals surface area contributed by atoms with Gasteiger partial charge in [0.15, 0.2) is 0 Å². The summed E-state index contributed by atoms with van der Waals surface area (Å²) in [7, 11) is 1.71. The molecule has 1 aromatic carbocycles. The van der Waals surface area contributed by atoms with Gasteiger partial charge in [0.05, 0.1) is 0 Å². The molecule has 0 aliphatic heterocycles. The van der Waals surface area contributed by atoms with Crippen molar-refractivity contribution >= 4 is 5.91 Å². The molecule has 0 saturated carbocycles. The van der Waals surface area contributed by atoms with E-state index in [0.717, 1.165) is 12.0 Å². The van der Waals surface area contributed by atoms with Gasteiger partial charge in [0.1, 0.15) is 6.10 Å². The molecule has 0 heterocycles. The van der Waals surface area contributed by atoms with Gasteiger partial charge in [-0.1, -0.05) is 38.1 Å². The van der Waals surface area contributed by atoms with Crippen molar-refractivity contribution in [3.8, 4) is 0 Å². The molecule has 1 amide bonds. The van der Waals surface area contributed by atoms with E-state index in [1.54, 1.807) is 11.9 Å². The summed E-state index contributed by atoms with van der Waals surface area (Å²) < 4.78 is 0. The Balaban J connectivity index is 2.61. The Hall–Kier alpha value is -1.35. The highest BCUT2D eigenvalue weighted by molar-refractivity contribution is 5.79. The molecule has 3 heteroatoms. The Morgan fingerprint density at radius 3 is 2.11 bits per heavy atom. The van der Waals surface area contributed by atoms with Gasteiger partial charge in [0.2, 0.25) is 0 Å². The fraction of sp³-hybridized carbons (Fsp3) is 0.533. The van der Waals surface area contributed by atoms with E-state index in [1.807, 2.05) is 12.1 Å². The second-order valence-corrected chi connectivity index (χ2v) is 5.28. The fourth-order valence-corrected chi connectivity index (χ4v) is 1.92. The molecule has 0 bridgehead atoms. The second kappa shape index (κ2) is 6.55. The van der Waals surface area contributed by atoms with Crippen LogP contribution < -0.4 is 0 Å². The first-order chi connectivity index (χ1) is 8.40. The molecule has 1 atom stereocenters. The van der Waals surface area contributed by atoms with Crippen LogP contribution in [0.15, 0.2) is 24.3 Å². The molecule has 100 valence electrons. The molecule has 1 N–H and O–H groups in total. The zero-order valence-electron chi connectivity index (χ0n) is 11.7. The van der Waals surface area contributed by atoms with Crippen LogP contribution in [0.5, 0.6) is 0 Å². The van der Waals surface area contributed by atoms with Gasteiger partial charge in [-0.3, -0.25) is 4.79 Å². The van der Waals surface area contributed by atoms with Crippen LogP contribution in [0.2, 0.25) is 0 Å². The van der Waals surface area contributed by atoms with Gasteiger partial charge in [-0.25, -0.2) is 0 Å². The van der Waals surface area contributed by atoms with Gasteiger partial charge >= 0.3 is 0 Å². The minimum Gasteiger partial charge on any atom is -0.384 e. The number of hydrogen-bond acceptors (Lipinski definition) is 2. The Morgan fingerprint density at radius 2 is 1.67 bits per heavy atom. The molecule has 0 aromatic heterocycles. The van der Waals surface area contributed by atoms with Crippen LogP contribution in [0.3, 0.4) is 0 Å². The first-order valence-electron chi connectivity index (χ1n) is 6.41. The Labute approximate surface area is 109 Å². The molecule has 0 spiro atoms. The minimum absolute atomic E-state index is 0.249. The van der Waals surface area contributed by atoms with Crippen molar-refractivity contribution in [3.05, 3.63) is 35.4 Å². The Bertz CT molecular complexity index is 382. The Kier molecular flexibility index (Phi) is 5.35. The number of carbonyl (C=O) groups is 1. The lowest BCUT2D eigenvalue weighted by Crippen LogP contribution is -2.34. The SMILES string of the molecule is CC(C)Cc1ccc(CN(C)C(=O)C(C)O)cc1. The summed E-state index contributed by atoms with van der Waals surface area (Å²) in [4.78, 5) is 13.1. The summed E-state index contributed by atoms with van der Waals surface area (Å²) in [5.74, 6) is 0.400. The number of amides is 1. The summed E-state index contributed by atoms with van der Waals surface area (Å²) in [6.45, 7) is 6.42. The van der Waals surface area contributed by atoms with Gasteiger partial charge in [0, 0.05) is 13.6 Å². The quantitative estimate of drug-likeness (QED) is 0.869. The van der Waals surface area contributed by atoms with E-state index in [2.05, 4.69) is 26.0 Å². The lowest BCUT2D eigenvalue weighted by atomic mass is 10.0. The number of aliphatic hydroxyl groups is 1. The zero-order valence-corrected chi connectivity index (χ0v) is 11.7. The molecule has 0 radical (unpaired) electrons. The highest BCUT2D eigenvalue weighted by atomic mass is 16.3. The van der Waals surface area contributed by atoms with Crippen molar-refractivity contribution in [1.82, 2.24) is 4.90 Å². The van der Waals surface area contributed by atoms with Crippen molar-refractivity contribution in [2.75, 3.05) is 7.05 Å². The van der Waals surface area contributed by atoms with Crippen molar-refractivity contribution in [2.45, 2.75) is 39.8 Å². The predicted octanol–water partition coefficient (Wildman–Crippen LogP) is 2.22. The third-order valence-electron chi connectivity index (χ3n) is 2.82. The fourth-order valence-electron chi connectivity index (χ4n) is 1.92. The molecular weight excluding hydrogens is 226 g/mol. The van der Waals surface area contributed by atoms with E-state index >= 15 is 0 Å². The number of carbonyl (C=O) groups excluding carboxylic acids is 1. The molecule has 1 unspecified atom stereocenters. The highest BCUT2D eigenvalue weighted by Crippen LogP contribution is 2.11. The van der Waals surface area contributed by atoms with Crippen LogP contribution in [0, 0.1) is 5.92 Å². The minimum atomic E-state index is -0.935. The Morgan fingerprint density at radius 1 is 1.17 bits per heavy atom. The number of aliphatic hydroxyl groups excluding tert-OH is 1.